The largest absolute Gasteiger partial charge is 0.466 e. The molecule has 1 aromatic carbocycles. The Bertz CT molecular complexity index is 1160. The monoisotopic (exact) mass is 461 g/mol. The molecular formula is C21H18F3N5O4. The van der Waals surface area contributed by atoms with E-state index in [4.69, 9.17) is 15.3 Å². The number of hydrogen-bond acceptors (Lipinski definition) is 7. The molecule has 9 nitrogen and oxygen atoms in total. The van der Waals surface area contributed by atoms with Gasteiger partial charge >= 0.3 is 12.1 Å². The molecule has 0 radical (unpaired) electrons. The van der Waals surface area contributed by atoms with E-state index in [-0.39, 0.29) is 23.4 Å². The standard InChI is InChI=1S/C21H18F3N5O4/c1-13(18(30)32-3)11-33-20(2,12-29-10-14(7-25)9-27-29)19(31)28-16-5-4-15(8-26)17(6-16)21(22,23)24/h4-6,9-10H,1,11-12H2,2-3H3,(H,28,31)/t20-/m0/s1. The summed E-state index contributed by atoms with van der Waals surface area (Å²) >= 11 is 0. The van der Waals surface area contributed by atoms with Gasteiger partial charge in [0.15, 0.2) is 5.60 Å². The predicted octanol–water partition coefficient (Wildman–Crippen LogP) is 2.79. The summed E-state index contributed by atoms with van der Waals surface area (Å²) in [5, 5.41) is 24.2. The molecule has 0 unspecified atom stereocenters. The number of ether oxygens (including phenoxy) is 2. The van der Waals surface area contributed by atoms with E-state index >= 15 is 0 Å². The van der Waals surface area contributed by atoms with E-state index in [2.05, 4.69) is 21.7 Å². The maximum absolute atomic E-state index is 13.2. The Morgan fingerprint density at radius 1 is 1.27 bits per heavy atom. The number of esters is 1. The van der Waals surface area contributed by atoms with Gasteiger partial charge in [-0.1, -0.05) is 6.58 Å². The van der Waals surface area contributed by atoms with Crippen molar-refractivity contribution >= 4 is 17.6 Å². The number of hydrogen-bond donors (Lipinski definition) is 1. The van der Waals surface area contributed by atoms with Gasteiger partial charge in [-0.05, 0) is 25.1 Å². The van der Waals surface area contributed by atoms with Crippen molar-refractivity contribution in [2.75, 3.05) is 19.0 Å². The van der Waals surface area contributed by atoms with E-state index in [9.17, 15) is 22.8 Å². The number of benzene rings is 1. The summed E-state index contributed by atoms with van der Waals surface area (Å²) < 4.78 is 51.1. The minimum absolute atomic E-state index is 0.104. The second-order valence-electron chi connectivity index (χ2n) is 6.98. The summed E-state index contributed by atoms with van der Waals surface area (Å²) in [6.45, 7) is 4.15. The second kappa shape index (κ2) is 9.97. The molecule has 0 spiro atoms. The van der Waals surface area contributed by atoms with Crippen LogP contribution in [0.4, 0.5) is 18.9 Å². The predicted molar refractivity (Wildman–Crippen MR) is 107 cm³/mol. The molecule has 0 aliphatic rings. The van der Waals surface area contributed by atoms with Crippen LogP contribution in [0.3, 0.4) is 0 Å². The van der Waals surface area contributed by atoms with E-state index in [0.717, 1.165) is 19.2 Å². The molecule has 33 heavy (non-hydrogen) atoms. The van der Waals surface area contributed by atoms with Crippen LogP contribution in [0, 0.1) is 22.7 Å². The van der Waals surface area contributed by atoms with Crippen LogP contribution >= 0.6 is 0 Å². The van der Waals surface area contributed by atoms with E-state index in [1.54, 1.807) is 0 Å². The van der Waals surface area contributed by atoms with Gasteiger partial charge in [-0.3, -0.25) is 9.48 Å². The average molecular weight is 461 g/mol. The van der Waals surface area contributed by atoms with Gasteiger partial charge in [-0.2, -0.15) is 28.8 Å². The molecule has 0 fully saturated rings. The number of nitrogens with one attached hydrogen (secondary N) is 1. The molecular weight excluding hydrogens is 443 g/mol. The minimum Gasteiger partial charge on any atom is -0.466 e. The number of carbonyl (C=O) groups excluding carboxylic acids is 2. The van der Waals surface area contributed by atoms with Crippen molar-refractivity contribution in [3.63, 3.8) is 0 Å². The van der Waals surface area contributed by atoms with Crippen LogP contribution in [0.2, 0.25) is 0 Å². The summed E-state index contributed by atoms with van der Waals surface area (Å²) in [7, 11) is 1.13. The third-order valence-corrected chi connectivity index (χ3v) is 4.45. The molecule has 2 rings (SSSR count). The fourth-order valence-electron chi connectivity index (χ4n) is 2.67. The zero-order valence-electron chi connectivity index (χ0n) is 17.6. The van der Waals surface area contributed by atoms with Crippen molar-refractivity contribution < 1.29 is 32.2 Å². The van der Waals surface area contributed by atoms with Crippen LogP contribution in [0.25, 0.3) is 0 Å². The Kier molecular flexibility index (Phi) is 7.59. The topological polar surface area (TPSA) is 130 Å². The molecule has 1 N–H and O–H groups in total. The lowest BCUT2D eigenvalue weighted by Gasteiger charge is -2.29. The van der Waals surface area contributed by atoms with E-state index < -0.39 is 41.4 Å². The van der Waals surface area contributed by atoms with Crippen LogP contribution in [0.15, 0.2) is 42.7 Å². The molecule has 0 aliphatic heterocycles. The first-order chi connectivity index (χ1) is 15.4. The average Bonchev–Trinajstić information content (AvgIpc) is 3.23. The Balaban J connectivity index is 2.34. The van der Waals surface area contributed by atoms with Crippen LogP contribution in [0.1, 0.15) is 23.6 Å². The van der Waals surface area contributed by atoms with Crippen molar-refractivity contribution in [1.29, 1.82) is 10.5 Å². The SMILES string of the molecule is C=C(CO[C@@](C)(Cn1cc(C#N)cn1)C(=O)Nc1ccc(C#N)c(C(F)(F)F)c1)C(=O)OC. The lowest BCUT2D eigenvalue weighted by atomic mass is 10.0. The number of methoxy groups -OCH3 is 1. The zero-order chi connectivity index (χ0) is 24.8. The summed E-state index contributed by atoms with van der Waals surface area (Å²) in [5.41, 5.74) is -3.70. The molecule has 1 atom stereocenters. The third kappa shape index (κ3) is 6.18. The molecule has 0 aliphatic carbocycles. The Hall–Kier alpha value is -4.16. The summed E-state index contributed by atoms with van der Waals surface area (Å²) in [6.07, 6.45) is -2.22. The highest BCUT2D eigenvalue weighted by atomic mass is 19.4. The number of nitriles is 2. The molecule has 2 aromatic rings. The molecule has 0 bridgehead atoms. The van der Waals surface area contributed by atoms with Gasteiger partial charge in [0.2, 0.25) is 0 Å². The Labute approximate surface area is 186 Å². The van der Waals surface area contributed by atoms with Crippen molar-refractivity contribution in [3.05, 3.63) is 59.4 Å². The van der Waals surface area contributed by atoms with Gasteiger partial charge in [-0.25, -0.2) is 4.79 Å². The number of halogens is 3. The molecule has 0 saturated carbocycles. The van der Waals surface area contributed by atoms with Crippen LogP contribution in [-0.4, -0.2) is 41.0 Å². The van der Waals surface area contributed by atoms with E-state index in [0.29, 0.717) is 6.07 Å². The molecule has 1 heterocycles. The first kappa shape index (κ1) is 25.1. The van der Waals surface area contributed by atoms with Crippen molar-refractivity contribution in [3.8, 4) is 12.1 Å². The highest BCUT2D eigenvalue weighted by Crippen LogP contribution is 2.34. The number of alkyl halides is 3. The van der Waals surface area contributed by atoms with Gasteiger partial charge in [0.05, 0.1) is 54.8 Å². The number of aromatic nitrogens is 2. The van der Waals surface area contributed by atoms with Gasteiger partial charge in [0.25, 0.3) is 5.91 Å². The van der Waals surface area contributed by atoms with Gasteiger partial charge < -0.3 is 14.8 Å². The molecule has 1 amide bonds. The number of rotatable bonds is 8. The Morgan fingerprint density at radius 2 is 1.97 bits per heavy atom. The third-order valence-electron chi connectivity index (χ3n) is 4.45. The molecule has 0 saturated heterocycles. The number of nitrogens with zero attached hydrogens (tertiary/aromatic N) is 4. The normalized spacial score (nSPS) is 12.7. The van der Waals surface area contributed by atoms with Crippen LogP contribution in [-0.2, 0) is 31.8 Å². The lowest BCUT2D eigenvalue weighted by Crippen LogP contribution is -2.47. The van der Waals surface area contributed by atoms with Crippen LogP contribution < -0.4 is 5.32 Å². The maximum Gasteiger partial charge on any atom is 0.417 e. The van der Waals surface area contributed by atoms with Crippen molar-refractivity contribution in [1.82, 2.24) is 9.78 Å². The fourth-order valence-corrected chi connectivity index (χ4v) is 2.67. The van der Waals surface area contributed by atoms with Crippen molar-refractivity contribution in [2.45, 2.75) is 25.2 Å². The first-order valence-corrected chi connectivity index (χ1v) is 9.19. The quantitative estimate of drug-likeness (QED) is 0.473. The van der Waals surface area contributed by atoms with Gasteiger partial charge in [0, 0.05) is 11.9 Å². The van der Waals surface area contributed by atoms with E-state index in [1.165, 1.54) is 30.1 Å². The van der Waals surface area contributed by atoms with Gasteiger partial charge in [-0.15, -0.1) is 0 Å². The lowest BCUT2D eigenvalue weighted by molar-refractivity contribution is -0.144. The van der Waals surface area contributed by atoms with E-state index in [1.807, 2.05) is 6.07 Å². The fraction of sp³-hybridized carbons (Fsp3) is 0.286. The first-order valence-electron chi connectivity index (χ1n) is 9.19. The van der Waals surface area contributed by atoms with Crippen LogP contribution in [0.5, 0.6) is 0 Å². The number of amides is 1. The Morgan fingerprint density at radius 3 is 2.52 bits per heavy atom. The smallest absolute Gasteiger partial charge is 0.417 e. The summed E-state index contributed by atoms with van der Waals surface area (Å²) in [4.78, 5) is 24.6. The molecule has 12 heteroatoms. The van der Waals surface area contributed by atoms with Gasteiger partial charge in [0.1, 0.15) is 6.07 Å². The zero-order valence-corrected chi connectivity index (χ0v) is 17.6. The second-order valence-corrected chi connectivity index (χ2v) is 6.98. The highest BCUT2D eigenvalue weighted by Gasteiger charge is 2.38. The minimum atomic E-state index is -4.81. The van der Waals surface area contributed by atoms with Crippen molar-refractivity contribution in [2.24, 2.45) is 0 Å². The summed E-state index contributed by atoms with van der Waals surface area (Å²) in [5.74, 6) is -1.64. The number of anilines is 1. The maximum atomic E-state index is 13.2. The summed E-state index contributed by atoms with van der Waals surface area (Å²) in [6, 6.07) is 6.03. The molecule has 1 aromatic heterocycles. The highest BCUT2D eigenvalue weighted by molar-refractivity contribution is 5.97. The molecule has 172 valence electrons. The number of carbonyl (C=O) groups is 2.